The van der Waals surface area contributed by atoms with E-state index in [1.165, 1.54) is 10.4 Å². The van der Waals surface area contributed by atoms with Crippen LogP contribution in [0.5, 0.6) is 5.75 Å². The predicted octanol–water partition coefficient (Wildman–Crippen LogP) is 4.59. The molecule has 0 saturated heterocycles. The van der Waals surface area contributed by atoms with Gasteiger partial charge in [0.1, 0.15) is 12.4 Å². The molecule has 0 spiro atoms. The summed E-state index contributed by atoms with van der Waals surface area (Å²) in [4.78, 5) is 1.20. The standard InChI is InChI=1S/C15H17Br2NO2S/c1-19-5-4-18-8-11-6-13(2-3-15(11)17)20-9-14-7-12(16)10-21-14/h2-3,6-7,10,18H,4-5,8-9H2,1H3. The molecule has 0 atom stereocenters. The third-order valence-corrected chi connectivity index (χ3v) is 5.26. The van der Waals surface area contributed by atoms with Gasteiger partial charge in [-0.15, -0.1) is 11.3 Å². The maximum atomic E-state index is 5.84. The maximum Gasteiger partial charge on any atom is 0.122 e. The lowest BCUT2D eigenvalue weighted by atomic mass is 10.2. The van der Waals surface area contributed by atoms with Crippen molar-refractivity contribution in [1.82, 2.24) is 5.32 Å². The first kappa shape index (κ1) is 17.0. The van der Waals surface area contributed by atoms with E-state index in [2.05, 4.69) is 54.7 Å². The Labute approximate surface area is 145 Å². The number of nitrogens with one attached hydrogen (secondary N) is 1. The second-order valence-corrected chi connectivity index (χ2v) is 7.21. The number of benzene rings is 1. The SMILES string of the molecule is COCCNCc1cc(OCc2cc(Br)cs2)ccc1Br. The van der Waals surface area contributed by atoms with Gasteiger partial charge < -0.3 is 14.8 Å². The van der Waals surface area contributed by atoms with E-state index in [0.29, 0.717) is 13.2 Å². The fraction of sp³-hybridized carbons (Fsp3) is 0.333. The van der Waals surface area contributed by atoms with Crippen molar-refractivity contribution in [1.29, 1.82) is 0 Å². The van der Waals surface area contributed by atoms with Crippen LogP contribution in [0, 0.1) is 0 Å². The average molecular weight is 435 g/mol. The van der Waals surface area contributed by atoms with Crippen molar-refractivity contribution in [3.05, 3.63) is 49.0 Å². The van der Waals surface area contributed by atoms with Crippen molar-refractivity contribution in [2.24, 2.45) is 0 Å². The first-order valence-electron chi connectivity index (χ1n) is 6.53. The summed E-state index contributed by atoms with van der Waals surface area (Å²) < 4.78 is 13.1. The van der Waals surface area contributed by atoms with Crippen LogP contribution >= 0.6 is 43.2 Å². The van der Waals surface area contributed by atoms with Crippen LogP contribution in [0.4, 0.5) is 0 Å². The molecule has 0 radical (unpaired) electrons. The number of hydrogen-bond donors (Lipinski definition) is 1. The van der Waals surface area contributed by atoms with E-state index in [1.807, 2.05) is 12.1 Å². The normalized spacial score (nSPS) is 10.8. The minimum Gasteiger partial charge on any atom is -0.488 e. The quantitative estimate of drug-likeness (QED) is 0.616. The van der Waals surface area contributed by atoms with Gasteiger partial charge in [-0.25, -0.2) is 0 Å². The van der Waals surface area contributed by atoms with E-state index in [0.717, 1.165) is 27.8 Å². The van der Waals surface area contributed by atoms with Gasteiger partial charge in [0.05, 0.1) is 6.61 Å². The lowest BCUT2D eigenvalue weighted by molar-refractivity contribution is 0.199. The zero-order valence-electron chi connectivity index (χ0n) is 11.7. The Morgan fingerprint density at radius 2 is 2.10 bits per heavy atom. The highest BCUT2D eigenvalue weighted by molar-refractivity contribution is 9.10. The van der Waals surface area contributed by atoms with Crippen molar-refractivity contribution in [3.8, 4) is 5.75 Å². The minimum absolute atomic E-state index is 0.592. The molecule has 3 nitrogen and oxygen atoms in total. The smallest absolute Gasteiger partial charge is 0.122 e. The topological polar surface area (TPSA) is 30.5 Å². The van der Waals surface area contributed by atoms with E-state index >= 15 is 0 Å². The lowest BCUT2D eigenvalue weighted by Crippen LogP contribution is -2.18. The largest absolute Gasteiger partial charge is 0.488 e. The Morgan fingerprint density at radius 1 is 1.24 bits per heavy atom. The molecular formula is C15H17Br2NO2S. The lowest BCUT2D eigenvalue weighted by Gasteiger charge is -2.10. The second-order valence-electron chi connectivity index (χ2n) is 4.44. The van der Waals surface area contributed by atoms with Crippen molar-refractivity contribution in [3.63, 3.8) is 0 Å². The highest BCUT2D eigenvalue weighted by Gasteiger charge is 2.04. The first-order valence-corrected chi connectivity index (χ1v) is 8.99. The van der Waals surface area contributed by atoms with Crippen LogP contribution in [0.1, 0.15) is 10.4 Å². The Bertz CT molecular complexity index is 575. The Balaban J connectivity index is 1.91. The molecule has 0 bridgehead atoms. The van der Waals surface area contributed by atoms with Gasteiger partial charge in [0.2, 0.25) is 0 Å². The summed E-state index contributed by atoms with van der Waals surface area (Å²) in [5.41, 5.74) is 1.18. The highest BCUT2D eigenvalue weighted by Crippen LogP contribution is 2.25. The fourth-order valence-corrected chi connectivity index (χ4v) is 3.51. The monoisotopic (exact) mass is 433 g/mol. The van der Waals surface area contributed by atoms with Crippen LogP contribution in [-0.4, -0.2) is 20.3 Å². The number of rotatable bonds is 8. The molecule has 1 aromatic carbocycles. The number of thiophene rings is 1. The molecule has 0 unspecified atom stereocenters. The van der Waals surface area contributed by atoms with E-state index in [9.17, 15) is 0 Å². The molecule has 0 aliphatic rings. The van der Waals surface area contributed by atoms with Gasteiger partial charge in [-0.1, -0.05) is 15.9 Å². The zero-order chi connectivity index (χ0) is 15.1. The predicted molar refractivity (Wildman–Crippen MR) is 94.1 cm³/mol. The fourth-order valence-electron chi connectivity index (χ4n) is 1.76. The van der Waals surface area contributed by atoms with Crippen LogP contribution in [0.2, 0.25) is 0 Å². The highest BCUT2D eigenvalue weighted by atomic mass is 79.9. The van der Waals surface area contributed by atoms with Crippen LogP contribution in [0.3, 0.4) is 0 Å². The Hall–Kier alpha value is -0.400. The number of halogens is 2. The van der Waals surface area contributed by atoms with Crippen molar-refractivity contribution >= 4 is 43.2 Å². The number of hydrogen-bond acceptors (Lipinski definition) is 4. The summed E-state index contributed by atoms with van der Waals surface area (Å²) in [6.45, 7) is 2.92. The van der Waals surface area contributed by atoms with Gasteiger partial charge in [0.15, 0.2) is 0 Å². The van der Waals surface area contributed by atoms with Gasteiger partial charge >= 0.3 is 0 Å². The van der Waals surface area contributed by atoms with Crippen molar-refractivity contribution < 1.29 is 9.47 Å². The van der Waals surface area contributed by atoms with E-state index < -0.39 is 0 Å². The molecule has 0 saturated carbocycles. The van der Waals surface area contributed by atoms with Gasteiger partial charge in [-0.2, -0.15) is 0 Å². The molecular weight excluding hydrogens is 418 g/mol. The molecule has 114 valence electrons. The van der Waals surface area contributed by atoms with Crippen molar-refractivity contribution in [2.45, 2.75) is 13.2 Å². The zero-order valence-corrected chi connectivity index (χ0v) is 15.7. The molecule has 21 heavy (non-hydrogen) atoms. The summed E-state index contributed by atoms with van der Waals surface area (Å²) in [6, 6.07) is 8.14. The molecule has 0 amide bonds. The molecule has 1 aromatic heterocycles. The van der Waals surface area contributed by atoms with Gasteiger partial charge in [0, 0.05) is 39.4 Å². The number of ether oxygens (including phenoxy) is 2. The summed E-state index contributed by atoms with van der Waals surface area (Å²) in [5, 5.41) is 5.39. The summed E-state index contributed by atoms with van der Waals surface area (Å²) in [7, 11) is 1.70. The molecule has 1 heterocycles. The van der Waals surface area contributed by atoms with Crippen LogP contribution < -0.4 is 10.1 Å². The van der Waals surface area contributed by atoms with Gasteiger partial charge in [0.25, 0.3) is 0 Å². The van der Waals surface area contributed by atoms with Crippen LogP contribution in [-0.2, 0) is 17.9 Å². The van der Waals surface area contributed by atoms with Gasteiger partial charge in [-0.05, 0) is 45.8 Å². The molecule has 1 N–H and O–H groups in total. The molecule has 0 aliphatic carbocycles. The summed E-state index contributed by atoms with van der Waals surface area (Å²) in [6.07, 6.45) is 0. The molecule has 0 fully saturated rings. The van der Waals surface area contributed by atoms with E-state index in [1.54, 1.807) is 18.4 Å². The molecule has 0 aliphatic heterocycles. The van der Waals surface area contributed by atoms with Crippen LogP contribution in [0.25, 0.3) is 0 Å². The second kappa shape index (κ2) is 8.90. The third kappa shape index (κ3) is 5.71. The Kier molecular flexibility index (Phi) is 7.19. The van der Waals surface area contributed by atoms with Crippen LogP contribution in [0.15, 0.2) is 38.6 Å². The van der Waals surface area contributed by atoms with E-state index in [-0.39, 0.29) is 0 Å². The molecule has 2 aromatic rings. The molecule has 2 rings (SSSR count). The third-order valence-electron chi connectivity index (χ3n) is 2.82. The first-order chi connectivity index (χ1) is 10.2. The molecule has 6 heteroatoms. The maximum absolute atomic E-state index is 5.84. The average Bonchev–Trinajstić information content (AvgIpc) is 2.89. The van der Waals surface area contributed by atoms with E-state index in [4.69, 9.17) is 9.47 Å². The van der Waals surface area contributed by atoms with Gasteiger partial charge in [-0.3, -0.25) is 0 Å². The summed E-state index contributed by atoms with van der Waals surface area (Å²) in [5.74, 6) is 0.881. The number of methoxy groups -OCH3 is 1. The minimum atomic E-state index is 0.592. The van der Waals surface area contributed by atoms with Crippen molar-refractivity contribution in [2.75, 3.05) is 20.3 Å². The summed E-state index contributed by atoms with van der Waals surface area (Å²) >= 11 is 8.71. The Morgan fingerprint density at radius 3 is 2.81 bits per heavy atom.